The Balaban J connectivity index is 2.35. The molecule has 0 saturated carbocycles. The Morgan fingerprint density at radius 3 is 2.03 bits per heavy atom. The van der Waals surface area contributed by atoms with Gasteiger partial charge in [0.15, 0.2) is 0 Å². The van der Waals surface area contributed by atoms with Gasteiger partial charge in [0.2, 0.25) is 0 Å². The van der Waals surface area contributed by atoms with Gasteiger partial charge < -0.3 is 20.7 Å². The third kappa shape index (κ3) is 6.41. The van der Waals surface area contributed by atoms with Crippen molar-refractivity contribution in [2.24, 2.45) is 11.1 Å². The average molecular weight is 470 g/mol. The first-order valence-corrected chi connectivity index (χ1v) is 12.9. The normalized spacial score (nSPS) is 14.2. The van der Waals surface area contributed by atoms with Crippen LogP contribution in [-0.2, 0) is 11.8 Å². The quantitative estimate of drug-likeness (QED) is 0.345. The molecule has 4 nitrogen and oxygen atoms in total. The molecular weight excluding hydrogens is 422 g/mol. The van der Waals surface area contributed by atoms with Crippen molar-refractivity contribution in [3.63, 3.8) is 0 Å². The molecule has 0 unspecified atom stereocenters. The maximum absolute atomic E-state index is 10.5. The number of benzene rings is 2. The zero-order valence-corrected chi connectivity index (χ0v) is 22.4. The van der Waals surface area contributed by atoms with Crippen LogP contribution in [0.3, 0.4) is 0 Å². The summed E-state index contributed by atoms with van der Waals surface area (Å²) < 4.78 is 5.94. The Labute approximate surface area is 207 Å². The smallest absolute Gasteiger partial charge is 0.122 e. The molecule has 0 radical (unpaired) electrons. The molecule has 4 heteroatoms. The van der Waals surface area contributed by atoms with E-state index in [-0.39, 0.29) is 29.6 Å². The molecule has 2 atom stereocenters. The molecule has 0 aromatic heterocycles. The van der Waals surface area contributed by atoms with E-state index in [4.69, 9.17) is 15.6 Å². The van der Waals surface area contributed by atoms with Crippen molar-refractivity contribution in [1.82, 2.24) is 0 Å². The molecule has 190 valence electrons. The summed E-state index contributed by atoms with van der Waals surface area (Å²) in [6.07, 6.45) is 3.87. The third-order valence-corrected chi connectivity index (χ3v) is 7.72. The molecule has 0 saturated heterocycles. The second-order valence-corrected chi connectivity index (χ2v) is 10.6. The largest absolute Gasteiger partial charge is 0.492 e. The standard InChI is InChI=1S/C30H47NO3/c1-8-28(33)29(6,7)19-23-11-12-24(17-21(23)4)30(9-2,10-3)25-13-14-27(22(5)18-25)34-20-26(31)15-16-32/h11-14,17-18,26,28,32-33H,8-10,15-16,19-20,31H2,1-7H3/t26-,28+/m1/s1. The van der Waals surface area contributed by atoms with Crippen molar-refractivity contribution < 1.29 is 14.9 Å². The second kappa shape index (κ2) is 12.2. The predicted molar refractivity (Wildman–Crippen MR) is 143 cm³/mol. The number of hydrogen-bond acceptors (Lipinski definition) is 4. The first-order chi connectivity index (χ1) is 16.0. The van der Waals surface area contributed by atoms with E-state index < -0.39 is 0 Å². The van der Waals surface area contributed by atoms with Gasteiger partial charge in [-0.05, 0) is 85.3 Å². The number of ether oxygens (including phenoxy) is 1. The van der Waals surface area contributed by atoms with Crippen LogP contribution in [0.2, 0.25) is 0 Å². The van der Waals surface area contributed by atoms with Crippen molar-refractivity contribution >= 4 is 0 Å². The van der Waals surface area contributed by atoms with Gasteiger partial charge in [0.05, 0.1) is 6.10 Å². The van der Waals surface area contributed by atoms with E-state index in [1.807, 2.05) is 6.92 Å². The molecular formula is C30H47NO3. The van der Waals surface area contributed by atoms with E-state index in [1.54, 1.807) is 0 Å². The maximum Gasteiger partial charge on any atom is 0.122 e. The van der Waals surface area contributed by atoms with E-state index in [0.29, 0.717) is 13.0 Å². The Bertz CT molecular complexity index is 917. The fraction of sp³-hybridized carbons (Fsp3) is 0.600. The molecule has 2 rings (SSSR count). The molecule has 2 aromatic rings. The van der Waals surface area contributed by atoms with Crippen LogP contribution in [0, 0.1) is 19.3 Å². The van der Waals surface area contributed by atoms with Crippen LogP contribution in [0.15, 0.2) is 36.4 Å². The van der Waals surface area contributed by atoms with Crippen LogP contribution in [-0.4, -0.2) is 35.6 Å². The Morgan fingerprint density at radius 2 is 1.53 bits per heavy atom. The van der Waals surface area contributed by atoms with E-state index in [9.17, 15) is 5.11 Å². The van der Waals surface area contributed by atoms with Gasteiger partial charge in [-0.3, -0.25) is 0 Å². The van der Waals surface area contributed by atoms with Crippen molar-refractivity contribution in [2.45, 2.75) is 98.1 Å². The molecule has 34 heavy (non-hydrogen) atoms. The molecule has 0 aliphatic carbocycles. The molecule has 0 amide bonds. The SMILES string of the molecule is CC[C@H](O)C(C)(C)Cc1ccc(C(CC)(CC)c2ccc(OC[C@H](N)CCO)c(C)c2)cc1C. The third-order valence-electron chi connectivity index (χ3n) is 7.72. The van der Waals surface area contributed by atoms with Gasteiger partial charge in [-0.2, -0.15) is 0 Å². The van der Waals surface area contributed by atoms with E-state index in [0.717, 1.165) is 37.0 Å². The Hall–Kier alpha value is -1.88. The highest BCUT2D eigenvalue weighted by Crippen LogP contribution is 2.41. The van der Waals surface area contributed by atoms with Crippen LogP contribution < -0.4 is 10.5 Å². The highest BCUT2D eigenvalue weighted by molar-refractivity contribution is 5.47. The van der Waals surface area contributed by atoms with Gasteiger partial charge in [0, 0.05) is 18.1 Å². The summed E-state index contributed by atoms with van der Waals surface area (Å²) >= 11 is 0. The summed E-state index contributed by atoms with van der Waals surface area (Å²) in [5.74, 6) is 0.849. The van der Waals surface area contributed by atoms with Crippen LogP contribution in [0.1, 0.15) is 88.1 Å². The summed E-state index contributed by atoms with van der Waals surface area (Å²) in [5.41, 5.74) is 12.1. The lowest BCUT2D eigenvalue weighted by Gasteiger charge is -2.35. The lowest BCUT2D eigenvalue weighted by atomic mass is 9.69. The van der Waals surface area contributed by atoms with Gasteiger partial charge in [-0.15, -0.1) is 0 Å². The van der Waals surface area contributed by atoms with Crippen LogP contribution >= 0.6 is 0 Å². The van der Waals surface area contributed by atoms with E-state index in [2.05, 4.69) is 77.9 Å². The van der Waals surface area contributed by atoms with Gasteiger partial charge in [-0.1, -0.05) is 65.0 Å². The van der Waals surface area contributed by atoms with Crippen molar-refractivity contribution in [3.8, 4) is 5.75 Å². The number of aryl methyl sites for hydroxylation is 2. The number of aliphatic hydroxyl groups is 2. The zero-order valence-electron chi connectivity index (χ0n) is 22.4. The topological polar surface area (TPSA) is 75.7 Å². The van der Waals surface area contributed by atoms with Gasteiger partial charge in [-0.25, -0.2) is 0 Å². The fourth-order valence-electron chi connectivity index (χ4n) is 5.14. The minimum Gasteiger partial charge on any atom is -0.492 e. The van der Waals surface area contributed by atoms with E-state index >= 15 is 0 Å². The lowest BCUT2D eigenvalue weighted by Crippen LogP contribution is -2.31. The number of hydrogen-bond donors (Lipinski definition) is 3. The molecule has 0 aliphatic heterocycles. The first kappa shape index (κ1) is 28.4. The number of aliphatic hydroxyl groups excluding tert-OH is 2. The van der Waals surface area contributed by atoms with Crippen LogP contribution in [0.5, 0.6) is 5.75 Å². The molecule has 4 N–H and O–H groups in total. The van der Waals surface area contributed by atoms with Crippen molar-refractivity contribution in [3.05, 3.63) is 64.2 Å². The zero-order chi connectivity index (χ0) is 25.5. The summed E-state index contributed by atoms with van der Waals surface area (Å²) in [6, 6.07) is 13.2. The minimum atomic E-state index is -0.307. The molecule has 0 bridgehead atoms. The van der Waals surface area contributed by atoms with Crippen LogP contribution in [0.4, 0.5) is 0 Å². The van der Waals surface area contributed by atoms with Gasteiger partial charge >= 0.3 is 0 Å². The fourth-order valence-corrected chi connectivity index (χ4v) is 5.14. The van der Waals surface area contributed by atoms with Gasteiger partial charge in [0.1, 0.15) is 12.4 Å². The van der Waals surface area contributed by atoms with E-state index in [1.165, 1.54) is 22.3 Å². The summed E-state index contributed by atoms with van der Waals surface area (Å²) in [4.78, 5) is 0. The summed E-state index contributed by atoms with van der Waals surface area (Å²) in [7, 11) is 0. The Morgan fingerprint density at radius 1 is 0.941 bits per heavy atom. The van der Waals surface area contributed by atoms with Crippen molar-refractivity contribution in [2.75, 3.05) is 13.2 Å². The summed E-state index contributed by atoms with van der Waals surface area (Å²) in [5, 5.41) is 19.5. The molecule has 2 aromatic carbocycles. The molecule has 0 heterocycles. The first-order valence-electron chi connectivity index (χ1n) is 12.9. The van der Waals surface area contributed by atoms with Crippen molar-refractivity contribution in [1.29, 1.82) is 0 Å². The molecule has 0 spiro atoms. The number of nitrogens with two attached hydrogens (primary N) is 1. The lowest BCUT2D eigenvalue weighted by molar-refractivity contribution is 0.0473. The minimum absolute atomic E-state index is 0.0711. The Kier molecular flexibility index (Phi) is 10.2. The highest BCUT2D eigenvalue weighted by Gasteiger charge is 2.32. The highest BCUT2D eigenvalue weighted by atomic mass is 16.5. The number of rotatable bonds is 13. The van der Waals surface area contributed by atoms with Crippen LogP contribution in [0.25, 0.3) is 0 Å². The molecule has 0 fully saturated rings. The maximum atomic E-state index is 10.5. The predicted octanol–water partition coefficient (Wildman–Crippen LogP) is 5.84. The molecule has 0 aliphatic rings. The summed E-state index contributed by atoms with van der Waals surface area (Å²) in [6.45, 7) is 15.6. The average Bonchev–Trinajstić information content (AvgIpc) is 2.80. The second-order valence-electron chi connectivity index (χ2n) is 10.6. The van der Waals surface area contributed by atoms with Gasteiger partial charge in [0.25, 0.3) is 0 Å². The monoisotopic (exact) mass is 469 g/mol.